The van der Waals surface area contributed by atoms with E-state index < -0.39 is 5.92 Å². The van der Waals surface area contributed by atoms with Gasteiger partial charge in [-0.1, -0.05) is 0 Å². The van der Waals surface area contributed by atoms with E-state index in [1.165, 1.54) is 4.90 Å². The number of methoxy groups -OCH3 is 1. The summed E-state index contributed by atoms with van der Waals surface area (Å²) in [4.78, 5) is 28.0. The van der Waals surface area contributed by atoms with Crippen LogP contribution in [-0.2, 0) is 9.59 Å². The van der Waals surface area contributed by atoms with Crippen LogP contribution in [-0.4, -0.2) is 49.6 Å². The number of thiocarbonyl (C=S) groups is 1. The number of hydrogen-bond donors (Lipinski definition) is 1. The third-order valence-electron chi connectivity index (χ3n) is 3.46. The zero-order valence-corrected chi connectivity index (χ0v) is 13.6. The Kier molecular flexibility index (Phi) is 5.10. The van der Waals surface area contributed by atoms with E-state index in [4.69, 9.17) is 17.0 Å². The molecule has 1 aromatic rings. The Hall–Kier alpha value is -1.99. The third-order valence-corrected chi connectivity index (χ3v) is 3.75. The molecule has 1 saturated heterocycles. The number of benzene rings is 1. The maximum absolute atomic E-state index is 12.6. The highest BCUT2D eigenvalue weighted by atomic mass is 32.1. The highest BCUT2D eigenvalue weighted by Crippen LogP contribution is 2.24. The van der Waals surface area contributed by atoms with Gasteiger partial charge in [-0.2, -0.15) is 0 Å². The molecular weight excluding hydrogens is 302 g/mol. The minimum Gasteiger partial charge on any atom is -0.497 e. The number of amides is 2. The minimum atomic E-state index is -0.726. The molecule has 118 valence electrons. The number of carbonyl (C=O) groups is 2. The lowest BCUT2D eigenvalue weighted by Crippen LogP contribution is -2.58. The lowest BCUT2D eigenvalue weighted by Gasteiger charge is -2.32. The van der Waals surface area contributed by atoms with Crippen molar-refractivity contribution in [2.45, 2.75) is 6.42 Å². The number of ether oxygens (including phenoxy) is 1. The van der Waals surface area contributed by atoms with E-state index in [2.05, 4.69) is 5.32 Å². The molecule has 1 aromatic carbocycles. The molecule has 1 heterocycles. The van der Waals surface area contributed by atoms with E-state index in [-0.39, 0.29) is 16.9 Å². The van der Waals surface area contributed by atoms with E-state index in [9.17, 15) is 9.59 Å². The Morgan fingerprint density at radius 2 is 1.91 bits per heavy atom. The standard InChI is InChI=1S/C15H19N3O3S/c1-17(2)9-8-12-13(19)16-15(22)18(14(12)20)10-4-6-11(21-3)7-5-10/h4-7,12H,8-9H2,1-3H3,(H,16,19,22). The fraction of sp³-hybridized carbons (Fsp3) is 0.400. The Bertz CT molecular complexity index is 586. The van der Waals surface area contributed by atoms with Gasteiger partial charge in [0.25, 0.3) is 0 Å². The second-order valence-electron chi connectivity index (χ2n) is 5.31. The molecule has 6 nitrogen and oxygen atoms in total. The van der Waals surface area contributed by atoms with Gasteiger partial charge in [-0.3, -0.25) is 14.5 Å². The van der Waals surface area contributed by atoms with Crippen LogP contribution in [0.5, 0.6) is 5.75 Å². The van der Waals surface area contributed by atoms with Gasteiger partial charge in [0.05, 0.1) is 12.8 Å². The second-order valence-corrected chi connectivity index (χ2v) is 5.70. The fourth-order valence-electron chi connectivity index (χ4n) is 2.23. The molecular formula is C15H19N3O3S. The normalized spacial score (nSPS) is 18.6. The Morgan fingerprint density at radius 3 is 2.45 bits per heavy atom. The first-order valence-corrected chi connectivity index (χ1v) is 7.32. The fourth-order valence-corrected chi connectivity index (χ4v) is 2.53. The van der Waals surface area contributed by atoms with Crippen molar-refractivity contribution in [3.05, 3.63) is 24.3 Å². The lowest BCUT2D eigenvalue weighted by molar-refractivity contribution is -0.134. The first kappa shape index (κ1) is 16.4. The van der Waals surface area contributed by atoms with Gasteiger partial charge < -0.3 is 15.0 Å². The van der Waals surface area contributed by atoms with Crippen molar-refractivity contribution >= 4 is 34.8 Å². The van der Waals surface area contributed by atoms with Crippen molar-refractivity contribution in [1.82, 2.24) is 10.2 Å². The molecule has 1 aliphatic rings. The van der Waals surface area contributed by atoms with Crippen molar-refractivity contribution in [3.8, 4) is 5.75 Å². The molecule has 0 radical (unpaired) electrons. The van der Waals surface area contributed by atoms with Crippen molar-refractivity contribution < 1.29 is 14.3 Å². The smallest absolute Gasteiger partial charge is 0.245 e. The molecule has 0 saturated carbocycles. The summed E-state index contributed by atoms with van der Waals surface area (Å²) in [7, 11) is 5.37. The van der Waals surface area contributed by atoms with E-state index in [0.717, 1.165) is 0 Å². The van der Waals surface area contributed by atoms with Gasteiger partial charge in [0.2, 0.25) is 11.8 Å². The van der Waals surface area contributed by atoms with Gasteiger partial charge in [0, 0.05) is 0 Å². The van der Waals surface area contributed by atoms with Gasteiger partial charge in [0.15, 0.2) is 5.11 Å². The van der Waals surface area contributed by atoms with Crippen molar-refractivity contribution in [2.75, 3.05) is 32.6 Å². The number of carbonyl (C=O) groups excluding carboxylic acids is 2. The number of nitrogens with one attached hydrogen (secondary N) is 1. The summed E-state index contributed by atoms with van der Waals surface area (Å²) in [5, 5.41) is 2.72. The van der Waals surface area contributed by atoms with E-state index in [1.54, 1.807) is 31.4 Å². The van der Waals surface area contributed by atoms with Crippen LogP contribution in [0.25, 0.3) is 0 Å². The maximum atomic E-state index is 12.6. The largest absolute Gasteiger partial charge is 0.497 e. The highest BCUT2D eigenvalue weighted by Gasteiger charge is 2.38. The van der Waals surface area contributed by atoms with Crippen molar-refractivity contribution in [3.63, 3.8) is 0 Å². The third kappa shape index (κ3) is 3.42. The van der Waals surface area contributed by atoms with Gasteiger partial charge in [0.1, 0.15) is 11.7 Å². The Balaban J connectivity index is 2.23. The maximum Gasteiger partial charge on any atom is 0.245 e. The second kappa shape index (κ2) is 6.85. The average molecular weight is 321 g/mol. The summed E-state index contributed by atoms with van der Waals surface area (Å²) in [6.45, 7) is 0.646. The van der Waals surface area contributed by atoms with Gasteiger partial charge >= 0.3 is 0 Å². The summed E-state index contributed by atoms with van der Waals surface area (Å²) >= 11 is 5.14. The Morgan fingerprint density at radius 1 is 1.27 bits per heavy atom. The van der Waals surface area contributed by atoms with E-state index >= 15 is 0 Å². The number of hydrogen-bond acceptors (Lipinski definition) is 5. The minimum absolute atomic E-state index is 0.112. The van der Waals surface area contributed by atoms with Crippen LogP contribution in [0.3, 0.4) is 0 Å². The molecule has 0 aliphatic carbocycles. The zero-order chi connectivity index (χ0) is 16.3. The number of anilines is 1. The number of nitrogens with zero attached hydrogens (tertiary/aromatic N) is 2. The van der Waals surface area contributed by atoms with E-state index in [0.29, 0.717) is 24.4 Å². The summed E-state index contributed by atoms with van der Waals surface area (Å²) in [6.07, 6.45) is 0.451. The van der Waals surface area contributed by atoms with Crippen LogP contribution in [0.4, 0.5) is 5.69 Å². The summed E-state index contributed by atoms with van der Waals surface area (Å²) in [6, 6.07) is 6.97. The predicted molar refractivity (Wildman–Crippen MR) is 87.9 cm³/mol. The van der Waals surface area contributed by atoms with Crippen LogP contribution in [0.1, 0.15) is 6.42 Å². The average Bonchev–Trinajstić information content (AvgIpc) is 2.47. The summed E-state index contributed by atoms with van der Waals surface area (Å²) < 4.78 is 5.10. The quantitative estimate of drug-likeness (QED) is 0.648. The van der Waals surface area contributed by atoms with Crippen LogP contribution < -0.4 is 15.0 Å². The molecule has 2 amide bonds. The first-order chi connectivity index (χ1) is 10.4. The molecule has 0 aromatic heterocycles. The monoisotopic (exact) mass is 321 g/mol. The van der Waals surface area contributed by atoms with Gasteiger partial charge in [-0.25, -0.2) is 0 Å². The van der Waals surface area contributed by atoms with Crippen molar-refractivity contribution in [1.29, 1.82) is 0 Å². The SMILES string of the molecule is COc1ccc(N2C(=O)C(CCN(C)C)C(=O)NC2=S)cc1. The molecule has 0 bridgehead atoms. The molecule has 1 N–H and O–H groups in total. The summed E-state index contributed by atoms with van der Waals surface area (Å²) in [5.41, 5.74) is 0.616. The molecule has 7 heteroatoms. The highest BCUT2D eigenvalue weighted by molar-refractivity contribution is 7.80. The molecule has 2 rings (SSSR count). The topological polar surface area (TPSA) is 61.9 Å². The summed E-state index contributed by atoms with van der Waals surface area (Å²) in [5.74, 6) is -0.661. The molecule has 1 atom stereocenters. The first-order valence-electron chi connectivity index (χ1n) is 6.91. The van der Waals surface area contributed by atoms with E-state index in [1.807, 2.05) is 19.0 Å². The molecule has 1 aliphatic heterocycles. The lowest BCUT2D eigenvalue weighted by atomic mass is 10.00. The van der Waals surface area contributed by atoms with Crippen LogP contribution in [0.2, 0.25) is 0 Å². The zero-order valence-electron chi connectivity index (χ0n) is 12.8. The molecule has 22 heavy (non-hydrogen) atoms. The predicted octanol–water partition coefficient (Wildman–Crippen LogP) is 1.01. The van der Waals surface area contributed by atoms with Gasteiger partial charge in [-0.15, -0.1) is 0 Å². The van der Waals surface area contributed by atoms with Crippen LogP contribution in [0, 0.1) is 5.92 Å². The van der Waals surface area contributed by atoms with Crippen molar-refractivity contribution in [2.24, 2.45) is 5.92 Å². The number of rotatable bonds is 5. The Labute approximate surface area is 135 Å². The molecule has 1 unspecified atom stereocenters. The van der Waals surface area contributed by atoms with Gasteiger partial charge in [-0.05, 0) is 63.5 Å². The molecule has 1 fully saturated rings. The van der Waals surface area contributed by atoms with Crippen LogP contribution >= 0.6 is 12.2 Å². The van der Waals surface area contributed by atoms with Crippen LogP contribution in [0.15, 0.2) is 24.3 Å². The molecule has 0 spiro atoms.